The van der Waals surface area contributed by atoms with Gasteiger partial charge in [0.25, 0.3) is 0 Å². The third-order valence-corrected chi connectivity index (χ3v) is 9.60. The van der Waals surface area contributed by atoms with Crippen LogP contribution in [-0.4, -0.2) is 14.6 Å². The molecular formula is C13H31NSi. The molecule has 92 valence electrons. The van der Waals surface area contributed by atoms with E-state index in [1.807, 2.05) is 0 Å². The first-order chi connectivity index (χ1) is 7.24. The summed E-state index contributed by atoms with van der Waals surface area (Å²) in [5, 5.41) is 0. The van der Waals surface area contributed by atoms with Crippen LogP contribution >= 0.6 is 0 Å². The predicted octanol–water partition coefficient (Wildman–Crippen LogP) is 4.40. The zero-order valence-electron chi connectivity index (χ0n) is 11.1. The van der Waals surface area contributed by atoms with Crippen LogP contribution in [0, 0.1) is 0 Å². The van der Waals surface area contributed by atoms with Gasteiger partial charge in [-0.2, -0.15) is 0 Å². The van der Waals surface area contributed by atoms with Gasteiger partial charge in [-0.25, -0.2) is 0 Å². The molecule has 0 unspecified atom stereocenters. The Morgan fingerprint density at radius 1 is 0.733 bits per heavy atom. The first-order valence-electron chi connectivity index (χ1n) is 6.94. The van der Waals surface area contributed by atoms with Crippen molar-refractivity contribution in [1.29, 1.82) is 0 Å². The Bertz CT molecular complexity index is 119. The number of nitrogens with two attached hydrogens (primary N) is 1. The van der Waals surface area contributed by atoms with Crippen LogP contribution in [0.1, 0.15) is 52.9 Å². The van der Waals surface area contributed by atoms with Crippen molar-refractivity contribution in [3.8, 4) is 0 Å². The van der Waals surface area contributed by atoms with E-state index >= 15 is 0 Å². The van der Waals surface area contributed by atoms with E-state index in [0.717, 1.165) is 6.54 Å². The van der Waals surface area contributed by atoms with E-state index < -0.39 is 8.07 Å². The van der Waals surface area contributed by atoms with Crippen LogP contribution < -0.4 is 5.73 Å². The van der Waals surface area contributed by atoms with Gasteiger partial charge >= 0.3 is 0 Å². The monoisotopic (exact) mass is 229 g/mol. The molecule has 0 spiro atoms. The lowest BCUT2D eigenvalue weighted by Gasteiger charge is -2.31. The van der Waals surface area contributed by atoms with Crippen molar-refractivity contribution >= 4 is 8.07 Å². The van der Waals surface area contributed by atoms with Gasteiger partial charge in [0.2, 0.25) is 0 Å². The molecule has 0 aromatic carbocycles. The summed E-state index contributed by atoms with van der Waals surface area (Å²) in [7, 11) is -0.888. The number of rotatable bonds is 10. The fourth-order valence-corrected chi connectivity index (χ4v) is 8.67. The van der Waals surface area contributed by atoms with Crippen LogP contribution in [0.4, 0.5) is 0 Å². The molecule has 1 nitrogen and oxygen atoms in total. The summed E-state index contributed by atoms with van der Waals surface area (Å²) in [6.45, 7) is 7.96. The summed E-state index contributed by atoms with van der Waals surface area (Å²) < 4.78 is 0. The zero-order valence-corrected chi connectivity index (χ0v) is 12.1. The normalized spacial score (nSPS) is 12.0. The molecule has 15 heavy (non-hydrogen) atoms. The third kappa shape index (κ3) is 6.36. The molecule has 0 amide bonds. The van der Waals surface area contributed by atoms with E-state index in [1.165, 1.54) is 32.1 Å². The minimum absolute atomic E-state index is 0.884. The molecule has 0 heterocycles. The highest BCUT2D eigenvalue weighted by Crippen LogP contribution is 2.31. The molecule has 0 aliphatic carbocycles. The first-order valence-corrected chi connectivity index (χ1v) is 9.77. The van der Waals surface area contributed by atoms with Gasteiger partial charge in [-0.1, -0.05) is 70.6 Å². The molecule has 0 aliphatic rings. The smallest absolute Gasteiger partial charge is 0.0535 e. The fourth-order valence-electron chi connectivity index (χ4n) is 2.99. The average Bonchev–Trinajstić information content (AvgIpc) is 2.19. The highest BCUT2D eigenvalue weighted by molar-refractivity contribution is 6.79. The highest BCUT2D eigenvalue weighted by Gasteiger charge is 2.28. The molecule has 0 fully saturated rings. The van der Waals surface area contributed by atoms with E-state index in [1.54, 1.807) is 24.2 Å². The Morgan fingerprint density at radius 3 is 1.53 bits per heavy atom. The molecule has 0 aromatic rings. The lowest BCUT2D eigenvalue weighted by atomic mass is 10.3. The van der Waals surface area contributed by atoms with Crippen molar-refractivity contribution in [1.82, 2.24) is 0 Å². The van der Waals surface area contributed by atoms with Gasteiger partial charge in [-0.3, -0.25) is 0 Å². The van der Waals surface area contributed by atoms with Crippen molar-refractivity contribution < 1.29 is 0 Å². The van der Waals surface area contributed by atoms with Gasteiger partial charge in [0, 0.05) is 0 Å². The molecule has 0 aliphatic heterocycles. The highest BCUT2D eigenvalue weighted by atomic mass is 28.3. The molecule has 0 atom stereocenters. The SMILES string of the molecule is CCC[Si](CCC)(CCC)CCCCN. The quantitative estimate of drug-likeness (QED) is 0.436. The van der Waals surface area contributed by atoms with E-state index in [4.69, 9.17) is 5.73 Å². The third-order valence-electron chi connectivity index (χ3n) is 3.50. The molecule has 0 saturated heterocycles. The van der Waals surface area contributed by atoms with Gasteiger partial charge in [0.05, 0.1) is 8.07 Å². The van der Waals surface area contributed by atoms with Gasteiger partial charge in [0.15, 0.2) is 0 Å². The zero-order chi connectivity index (χ0) is 11.6. The summed E-state index contributed by atoms with van der Waals surface area (Å²) >= 11 is 0. The summed E-state index contributed by atoms with van der Waals surface area (Å²) in [5.74, 6) is 0. The van der Waals surface area contributed by atoms with Crippen molar-refractivity contribution in [3.05, 3.63) is 0 Å². The Balaban J connectivity index is 4.18. The van der Waals surface area contributed by atoms with E-state index in [-0.39, 0.29) is 0 Å². The lowest BCUT2D eigenvalue weighted by Crippen LogP contribution is -2.33. The Morgan fingerprint density at radius 2 is 1.20 bits per heavy atom. The molecular weight excluding hydrogens is 198 g/mol. The Labute approximate surface area is 97.8 Å². The van der Waals surface area contributed by atoms with Crippen LogP contribution in [-0.2, 0) is 0 Å². The van der Waals surface area contributed by atoms with Crippen molar-refractivity contribution in [3.63, 3.8) is 0 Å². The molecule has 2 N–H and O–H groups in total. The van der Waals surface area contributed by atoms with Crippen LogP contribution in [0.5, 0.6) is 0 Å². The Hall–Kier alpha value is 0.177. The number of unbranched alkanes of at least 4 members (excludes halogenated alkanes) is 1. The summed E-state index contributed by atoms with van der Waals surface area (Å²) in [4.78, 5) is 0. The lowest BCUT2D eigenvalue weighted by molar-refractivity contribution is 0.775. The standard InChI is InChI=1S/C13H31NSi/c1-4-10-15(11-5-2,12-6-3)13-8-7-9-14/h4-14H2,1-3H3. The van der Waals surface area contributed by atoms with Crippen LogP contribution in [0.2, 0.25) is 24.2 Å². The van der Waals surface area contributed by atoms with E-state index in [9.17, 15) is 0 Å². The molecule has 0 bridgehead atoms. The molecule has 2 heteroatoms. The van der Waals surface area contributed by atoms with Crippen molar-refractivity contribution in [2.45, 2.75) is 77.1 Å². The summed E-state index contributed by atoms with van der Waals surface area (Å²) in [6.07, 6.45) is 6.83. The molecule has 0 radical (unpaired) electrons. The average molecular weight is 229 g/mol. The minimum atomic E-state index is -0.888. The Kier molecular flexibility index (Phi) is 9.52. The molecule has 0 saturated carbocycles. The second-order valence-electron chi connectivity index (χ2n) is 5.00. The molecule has 0 aromatic heterocycles. The van der Waals surface area contributed by atoms with Crippen molar-refractivity contribution in [2.24, 2.45) is 5.73 Å². The van der Waals surface area contributed by atoms with Crippen LogP contribution in [0.3, 0.4) is 0 Å². The van der Waals surface area contributed by atoms with Gasteiger partial charge in [-0.05, 0) is 13.0 Å². The maximum absolute atomic E-state index is 5.60. The minimum Gasteiger partial charge on any atom is -0.330 e. The van der Waals surface area contributed by atoms with Crippen LogP contribution in [0.15, 0.2) is 0 Å². The maximum atomic E-state index is 5.60. The molecule has 0 rings (SSSR count). The predicted molar refractivity (Wildman–Crippen MR) is 74.1 cm³/mol. The van der Waals surface area contributed by atoms with Gasteiger partial charge in [-0.15, -0.1) is 0 Å². The maximum Gasteiger partial charge on any atom is 0.0535 e. The second kappa shape index (κ2) is 9.41. The summed E-state index contributed by atoms with van der Waals surface area (Å²) in [5.41, 5.74) is 5.60. The van der Waals surface area contributed by atoms with Crippen molar-refractivity contribution in [2.75, 3.05) is 6.54 Å². The number of hydrogen-bond donors (Lipinski definition) is 1. The first kappa shape index (κ1) is 15.2. The van der Waals surface area contributed by atoms with Crippen LogP contribution in [0.25, 0.3) is 0 Å². The largest absolute Gasteiger partial charge is 0.330 e. The van der Waals surface area contributed by atoms with E-state index in [2.05, 4.69) is 20.8 Å². The topological polar surface area (TPSA) is 26.0 Å². The van der Waals surface area contributed by atoms with Gasteiger partial charge in [0.1, 0.15) is 0 Å². The summed E-state index contributed by atoms with van der Waals surface area (Å²) in [6, 6.07) is 6.21. The van der Waals surface area contributed by atoms with E-state index in [0.29, 0.717) is 0 Å². The van der Waals surface area contributed by atoms with Gasteiger partial charge < -0.3 is 5.73 Å². The second-order valence-corrected chi connectivity index (χ2v) is 10.00. The fraction of sp³-hybridized carbons (Fsp3) is 1.00. The number of hydrogen-bond acceptors (Lipinski definition) is 1.